The number of nitrogens with zero attached hydrogens (tertiary/aromatic N) is 4. The Hall–Kier alpha value is -2.26. The molecule has 30 heavy (non-hydrogen) atoms. The number of alkyl halides is 3. The maximum atomic E-state index is 13.4. The smallest absolute Gasteiger partial charge is 0.391 e. The van der Waals surface area contributed by atoms with Gasteiger partial charge in [0, 0.05) is 49.2 Å². The number of hydrogen-bond acceptors (Lipinski definition) is 6. The zero-order valence-electron chi connectivity index (χ0n) is 16.6. The maximum absolute atomic E-state index is 13.4. The molecule has 2 aromatic heterocycles. The Labute approximate surface area is 173 Å². The Morgan fingerprint density at radius 1 is 1.07 bits per heavy atom. The minimum Gasteiger partial charge on any atom is -0.391 e. The van der Waals surface area contributed by atoms with Crippen molar-refractivity contribution in [1.82, 2.24) is 19.9 Å². The number of pyridine rings is 1. The highest BCUT2D eigenvalue weighted by molar-refractivity contribution is 5.56. The maximum Gasteiger partial charge on any atom is 0.433 e. The largest absolute Gasteiger partial charge is 0.433 e. The van der Waals surface area contributed by atoms with E-state index in [1.165, 1.54) is 6.20 Å². The van der Waals surface area contributed by atoms with Gasteiger partial charge in [0.1, 0.15) is 5.82 Å². The topological polar surface area (TPSA) is 74.2 Å². The normalized spacial score (nSPS) is 24.0. The van der Waals surface area contributed by atoms with Gasteiger partial charge in [0.05, 0.1) is 6.10 Å². The number of piperidine rings is 1. The summed E-state index contributed by atoms with van der Waals surface area (Å²) in [6.07, 6.45) is 3.81. The van der Waals surface area contributed by atoms with Crippen molar-refractivity contribution in [2.45, 2.75) is 62.9 Å². The van der Waals surface area contributed by atoms with Crippen LogP contribution in [0.15, 0.2) is 30.6 Å². The van der Waals surface area contributed by atoms with Crippen molar-refractivity contribution in [1.29, 1.82) is 0 Å². The molecule has 0 amide bonds. The Kier molecular flexibility index (Phi) is 6.19. The number of anilines is 1. The molecule has 0 bridgehead atoms. The van der Waals surface area contributed by atoms with Gasteiger partial charge >= 0.3 is 6.18 Å². The molecule has 2 atom stereocenters. The zero-order valence-corrected chi connectivity index (χ0v) is 16.6. The second-order valence-electron chi connectivity index (χ2n) is 8.08. The Balaban J connectivity index is 1.47. The van der Waals surface area contributed by atoms with Crippen LogP contribution in [0.1, 0.15) is 44.2 Å². The molecule has 0 spiro atoms. The fourth-order valence-corrected chi connectivity index (χ4v) is 4.39. The van der Waals surface area contributed by atoms with E-state index in [1.807, 2.05) is 0 Å². The van der Waals surface area contributed by atoms with E-state index in [0.717, 1.165) is 57.7 Å². The fourth-order valence-electron chi connectivity index (χ4n) is 4.39. The van der Waals surface area contributed by atoms with Gasteiger partial charge in [-0.1, -0.05) is 12.8 Å². The number of aliphatic hydroxyl groups is 1. The highest BCUT2D eigenvalue weighted by atomic mass is 19.4. The number of rotatable bonds is 4. The van der Waals surface area contributed by atoms with E-state index in [-0.39, 0.29) is 29.8 Å². The molecule has 3 heterocycles. The molecule has 2 N–H and O–H groups in total. The van der Waals surface area contributed by atoms with Crippen molar-refractivity contribution in [3.63, 3.8) is 0 Å². The molecule has 1 aliphatic carbocycles. The minimum absolute atomic E-state index is 0.00295. The molecule has 1 saturated heterocycles. The quantitative estimate of drug-likeness (QED) is 0.784. The van der Waals surface area contributed by atoms with Crippen LogP contribution in [-0.2, 0) is 6.18 Å². The van der Waals surface area contributed by atoms with Crippen LogP contribution < -0.4 is 5.32 Å². The molecule has 4 rings (SSSR count). The van der Waals surface area contributed by atoms with Crippen molar-refractivity contribution in [2.24, 2.45) is 0 Å². The molecule has 2 aromatic rings. The number of halogens is 3. The summed E-state index contributed by atoms with van der Waals surface area (Å²) in [6.45, 7) is 1.62. The molecule has 2 fully saturated rings. The summed E-state index contributed by atoms with van der Waals surface area (Å²) < 4.78 is 40.1. The van der Waals surface area contributed by atoms with Crippen LogP contribution in [0.4, 0.5) is 19.0 Å². The summed E-state index contributed by atoms with van der Waals surface area (Å²) in [5.41, 5.74) is -0.533. The second kappa shape index (κ2) is 8.85. The first-order valence-electron chi connectivity index (χ1n) is 10.5. The Bertz CT molecular complexity index is 840. The Morgan fingerprint density at radius 2 is 1.83 bits per heavy atom. The predicted molar refractivity (Wildman–Crippen MR) is 107 cm³/mol. The first-order chi connectivity index (χ1) is 14.4. The SMILES string of the molecule is OC1CCCCC1N1CCC(Nc2cc(C(F)(F)F)nc(-c3cccnc3)n2)CC1. The van der Waals surface area contributed by atoms with E-state index < -0.39 is 11.9 Å². The van der Waals surface area contributed by atoms with Crippen molar-refractivity contribution >= 4 is 5.82 Å². The lowest BCUT2D eigenvalue weighted by molar-refractivity contribution is -0.141. The molecule has 0 aromatic carbocycles. The van der Waals surface area contributed by atoms with E-state index >= 15 is 0 Å². The van der Waals surface area contributed by atoms with Gasteiger partial charge in [-0.05, 0) is 37.8 Å². The number of aliphatic hydroxyl groups excluding tert-OH is 1. The second-order valence-corrected chi connectivity index (χ2v) is 8.08. The van der Waals surface area contributed by atoms with Gasteiger partial charge in [-0.3, -0.25) is 9.88 Å². The van der Waals surface area contributed by atoms with Crippen LogP contribution in [0.5, 0.6) is 0 Å². The third-order valence-electron chi connectivity index (χ3n) is 5.98. The number of hydrogen-bond donors (Lipinski definition) is 2. The van der Waals surface area contributed by atoms with Gasteiger partial charge in [0.2, 0.25) is 0 Å². The van der Waals surface area contributed by atoms with Gasteiger partial charge in [0.15, 0.2) is 11.5 Å². The number of likely N-dealkylation sites (tertiary alicyclic amines) is 1. The van der Waals surface area contributed by atoms with Crippen LogP contribution >= 0.6 is 0 Å². The van der Waals surface area contributed by atoms with E-state index in [0.29, 0.717) is 5.56 Å². The summed E-state index contributed by atoms with van der Waals surface area (Å²) >= 11 is 0. The van der Waals surface area contributed by atoms with Crippen molar-refractivity contribution in [2.75, 3.05) is 18.4 Å². The van der Waals surface area contributed by atoms with Crippen LogP contribution in [0.25, 0.3) is 11.4 Å². The molecular formula is C21H26F3N5O. The summed E-state index contributed by atoms with van der Waals surface area (Å²) in [7, 11) is 0. The van der Waals surface area contributed by atoms with Crippen molar-refractivity contribution in [3.05, 3.63) is 36.3 Å². The molecule has 1 saturated carbocycles. The van der Waals surface area contributed by atoms with Crippen molar-refractivity contribution < 1.29 is 18.3 Å². The summed E-state index contributed by atoms with van der Waals surface area (Å²) in [6, 6.07) is 4.48. The molecule has 2 aliphatic rings. The first-order valence-corrected chi connectivity index (χ1v) is 10.5. The molecule has 6 nitrogen and oxygen atoms in total. The number of nitrogens with one attached hydrogen (secondary N) is 1. The highest BCUT2D eigenvalue weighted by Gasteiger charge is 2.35. The van der Waals surface area contributed by atoms with E-state index in [2.05, 4.69) is 25.2 Å². The summed E-state index contributed by atoms with van der Waals surface area (Å²) in [5.74, 6) is 0.176. The van der Waals surface area contributed by atoms with Gasteiger partial charge < -0.3 is 10.4 Å². The van der Waals surface area contributed by atoms with E-state index in [4.69, 9.17) is 0 Å². The standard InChI is InChI=1S/C21H26F3N5O/c22-21(23,24)18-12-19(28-20(27-18)14-4-3-9-25-13-14)26-15-7-10-29(11-8-15)16-5-1-2-6-17(16)30/h3-4,9,12-13,15-17,30H,1-2,5-8,10-11H2,(H,26,27,28). The molecule has 2 unspecified atom stereocenters. The lowest BCUT2D eigenvalue weighted by atomic mass is 9.89. The average Bonchev–Trinajstić information content (AvgIpc) is 2.75. The first kappa shape index (κ1) is 21.0. The summed E-state index contributed by atoms with van der Waals surface area (Å²) in [5, 5.41) is 13.5. The molecule has 162 valence electrons. The molecule has 0 radical (unpaired) electrons. The fraction of sp³-hybridized carbons (Fsp3) is 0.571. The van der Waals surface area contributed by atoms with Crippen LogP contribution in [0.2, 0.25) is 0 Å². The number of aromatic nitrogens is 3. The zero-order chi connectivity index (χ0) is 21.1. The predicted octanol–water partition coefficient (Wildman–Crippen LogP) is 3.74. The van der Waals surface area contributed by atoms with Crippen LogP contribution in [-0.4, -0.2) is 56.2 Å². The molecular weight excluding hydrogens is 395 g/mol. The average molecular weight is 421 g/mol. The van der Waals surface area contributed by atoms with Crippen LogP contribution in [0, 0.1) is 0 Å². The summed E-state index contributed by atoms with van der Waals surface area (Å²) in [4.78, 5) is 14.3. The lowest BCUT2D eigenvalue weighted by Crippen LogP contribution is -2.50. The Morgan fingerprint density at radius 3 is 2.50 bits per heavy atom. The lowest BCUT2D eigenvalue weighted by Gasteiger charge is -2.41. The third kappa shape index (κ3) is 4.89. The van der Waals surface area contributed by atoms with E-state index in [1.54, 1.807) is 18.3 Å². The van der Waals surface area contributed by atoms with Gasteiger partial charge in [0.25, 0.3) is 0 Å². The van der Waals surface area contributed by atoms with E-state index in [9.17, 15) is 18.3 Å². The minimum atomic E-state index is -4.56. The van der Waals surface area contributed by atoms with Gasteiger partial charge in [-0.15, -0.1) is 0 Å². The molecule has 9 heteroatoms. The van der Waals surface area contributed by atoms with Crippen LogP contribution in [0.3, 0.4) is 0 Å². The molecule has 1 aliphatic heterocycles. The third-order valence-corrected chi connectivity index (χ3v) is 5.98. The van der Waals surface area contributed by atoms with Crippen molar-refractivity contribution in [3.8, 4) is 11.4 Å². The highest BCUT2D eigenvalue weighted by Crippen LogP contribution is 2.32. The monoisotopic (exact) mass is 421 g/mol. The van der Waals surface area contributed by atoms with Gasteiger partial charge in [-0.25, -0.2) is 9.97 Å². The van der Waals surface area contributed by atoms with Gasteiger partial charge in [-0.2, -0.15) is 13.2 Å².